The summed E-state index contributed by atoms with van der Waals surface area (Å²) in [7, 11) is 1.77. The molecule has 78 valence electrons. The van der Waals surface area contributed by atoms with Gasteiger partial charge in [-0.15, -0.1) is 0 Å². The van der Waals surface area contributed by atoms with Gasteiger partial charge in [0.25, 0.3) is 5.92 Å². The third kappa shape index (κ3) is 1.71. The maximum absolute atomic E-state index is 13.1. The molecule has 0 aromatic carbocycles. The fourth-order valence-electron chi connectivity index (χ4n) is 1.84. The Morgan fingerprint density at radius 2 is 2.29 bits per heavy atom. The molecule has 0 bridgehead atoms. The van der Waals surface area contributed by atoms with Crippen LogP contribution in [0, 0.1) is 0 Å². The maximum atomic E-state index is 13.1. The van der Waals surface area contributed by atoms with E-state index >= 15 is 0 Å². The van der Waals surface area contributed by atoms with E-state index in [4.69, 9.17) is 0 Å². The average molecular weight is 201 g/mol. The topological polar surface area (TPSA) is 21.1 Å². The highest BCUT2D eigenvalue weighted by Crippen LogP contribution is 2.29. The van der Waals surface area contributed by atoms with E-state index in [1.54, 1.807) is 28.9 Å². The van der Waals surface area contributed by atoms with Crippen molar-refractivity contribution < 1.29 is 8.78 Å². The van der Waals surface area contributed by atoms with Crippen LogP contribution in [0.3, 0.4) is 0 Å². The number of hydrogen-bond donors (Lipinski definition) is 0. The SMILES string of the molecule is Cn1nccc1N1CCCC(F)(F)C1. The Morgan fingerprint density at radius 1 is 1.50 bits per heavy atom. The first-order valence-electron chi connectivity index (χ1n) is 4.69. The molecule has 1 saturated heterocycles. The van der Waals surface area contributed by atoms with Crippen molar-refractivity contribution in [2.45, 2.75) is 18.8 Å². The van der Waals surface area contributed by atoms with E-state index in [0.29, 0.717) is 13.0 Å². The molecule has 0 amide bonds. The van der Waals surface area contributed by atoms with Gasteiger partial charge in [0.15, 0.2) is 0 Å². The lowest BCUT2D eigenvalue weighted by Crippen LogP contribution is -2.43. The van der Waals surface area contributed by atoms with Crippen LogP contribution in [0.2, 0.25) is 0 Å². The zero-order chi connectivity index (χ0) is 10.2. The molecule has 1 aromatic rings. The summed E-state index contributed by atoms with van der Waals surface area (Å²) in [5.41, 5.74) is 0. The zero-order valence-corrected chi connectivity index (χ0v) is 8.08. The van der Waals surface area contributed by atoms with Crippen molar-refractivity contribution in [1.82, 2.24) is 9.78 Å². The van der Waals surface area contributed by atoms with Crippen molar-refractivity contribution in [1.29, 1.82) is 0 Å². The second-order valence-electron chi connectivity index (χ2n) is 3.69. The molecule has 0 N–H and O–H groups in total. The second kappa shape index (κ2) is 3.22. The number of halogens is 2. The first kappa shape index (κ1) is 9.43. The Morgan fingerprint density at radius 3 is 2.86 bits per heavy atom. The van der Waals surface area contributed by atoms with Crippen LogP contribution < -0.4 is 4.90 Å². The third-order valence-corrected chi connectivity index (χ3v) is 2.51. The number of aromatic nitrogens is 2. The number of rotatable bonds is 1. The van der Waals surface area contributed by atoms with Gasteiger partial charge in [-0.25, -0.2) is 8.78 Å². The van der Waals surface area contributed by atoms with Crippen molar-refractivity contribution in [2.75, 3.05) is 18.0 Å². The second-order valence-corrected chi connectivity index (χ2v) is 3.69. The van der Waals surface area contributed by atoms with E-state index in [2.05, 4.69) is 5.10 Å². The van der Waals surface area contributed by atoms with Crippen LogP contribution in [0.4, 0.5) is 14.6 Å². The largest absolute Gasteiger partial charge is 0.351 e. The van der Waals surface area contributed by atoms with E-state index in [1.807, 2.05) is 0 Å². The van der Waals surface area contributed by atoms with E-state index in [0.717, 1.165) is 5.82 Å². The van der Waals surface area contributed by atoms with Gasteiger partial charge in [-0.3, -0.25) is 4.68 Å². The minimum Gasteiger partial charge on any atom is -0.351 e. The summed E-state index contributed by atoms with van der Waals surface area (Å²) in [6.07, 6.45) is 2.17. The van der Waals surface area contributed by atoms with Gasteiger partial charge in [0.1, 0.15) is 5.82 Å². The van der Waals surface area contributed by atoms with E-state index in [1.165, 1.54) is 0 Å². The van der Waals surface area contributed by atoms with Gasteiger partial charge in [-0.2, -0.15) is 5.10 Å². The van der Waals surface area contributed by atoms with Crippen molar-refractivity contribution >= 4 is 5.82 Å². The number of hydrogen-bond acceptors (Lipinski definition) is 2. The highest BCUT2D eigenvalue weighted by atomic mass is 19.3. The van der Waals surface area contributed by atoms with E-state index in [-0.39, 0.29) is 13.0 Å². The molecule has 1 fully saturated rings. The number of nitrogens with zero attached hydrogens (tertiary/aromatic N) is 3. The molecule has 1 aromatic heterocycles. The van der Waals surface area contributed by atoms with Crippen molar-refractivity contribution in [3.63, 3.8) is 0 Å². The summed E-state index contributed by atoms with van der Waals surface area (Å²) in [6.45, 7) is 0.502. The monoisotopic (exact) mass is 201 g/mol. The van der Waals surface area contributed by atoms with Crippen molar-refractivity contribution in [2.24, 2.45) is 7.05 Å². The lowest BCUT2D eigenvalue weighted by atomic mass is 10.1. The summed E-state index contributed by atoms with van der Waals surface area (Å²) >= 11 is 0. The van der Waals surface area contributed by atoms with Gasteiger partial charge >= 0.3 is 0 Å². The zero-order valence-electron chi connectivity index (χ0n) is 8.08. The third-order valence-electron chi connectivity index (χ3n) is 2.51. The van der Waals surface area contributed by atoms with E-state index < -0.39 is 5.92 Å². The van der Waals surface area contributed by atoms with Gasteiger partial charge in [-0.1, -0.05) is 0 Å². The summed E-state index contributed by atoms with van der Waals surface area (Å²) in [5.74, 6) is -1.79. The summed E-state index contributed by atoms with van der Waals surface area (Å²) in [4.78, 5) is 1.69. The Hall–Kier alpha value is -1.13. The molecule has 3 nitrogen and oxygen atoms in total. The fourth-order valence-corrected chi connectivity index (χ4v) is 1.84. The fraction of sp³-hybridized carbons (Fsp3) is 0.667. The van der Waals surface area contributed by atoms with Crippen molar-refractivity contribution in [3.05, 3.63) is 12.3 Å². The summed E-state index contributed by atoms with van der Waals surface area (Å²) < 4.78 is 27.8. The minimum absolute atomic E-state index is 0.00134. The first-order valence-corrected chi connectivity index (χ1v) is 4.69. The van der Waals surface area contributed by atoms with Crippen LogP contribution in [-0.4, -0.2) is 28.8 Å². The molecule has 2 heterocycles. The van der Waals surface area contributed by atoms with Crippen LogP contribution in [0.5, 0.6) is 0 Å². The normalized spacial score (nSPS) is 21.2. The summed E-state index contributed by atoms with van der Waals surface area (Å²) in [5, 5.41) is 3.97. The smallest absolute Gasteiger partial charge is 0.265 e. The molecule has 0 atom stereocenters. The molecule has 2 rings (SSSR count). The quantitative estimate of drug-likeness (QED) is 0.689. The van der Waals surface area contributed by atoms with Crippen LogP contribution in [0.25, 0.3) is 0 Å². The molecule has 14 heavy (non-hydrogen) atoms. The van der Waals surface area contributed by atoms with Crippen LogP contribution >= 0.6 is 0 Å². The molecule has 0 saturated carbocycles. The number of alkyl halides is 2. The highest BCUT2D eigenvalue weighted by Gasteiger charge is 2.35. The molecular formula is C9H13F2N3. The maximum Gasteiger partial charge on any atom is 0.265 e. The molecule has 1 aliphatic heterocycles. The standard InChI is InChI=1S/C9H13F2N3/c1-13-8(3-5-12-13)14-6-2-4-9(10,11)7-14/h3,5H,2,4,6-7H2,1H3. The highest BCUT2D eigenvalue weighted by molar-refractivity contribution is 5.39. The number of anilines is 1. The molecule has 0 unspecified atom stereocenters. The van der Waals surface area contributed by atoms with Gasteiger partial charge in [0.2, 0.25) is 0 Å². The Kier molecular flexibility index (Phi) is 2.17. The lowest BCUT2D eigenvalue weighted by Gasteiger charge is -2.33. The average Bonchev–Trinajstić information content (AvgIpc) is 2.49. The molecule has 0 spiro atoms. The van der Waals surface area contributed by atoms with Crippen LogP contribution in [-0.2, 0) is 7.05 Å². The molecular weight excluding hydrogens is 188 g/mol. The Labute approximate surface area is 81.3 Å². The summed E-state index contributed by atoms with van der Waals surface area (Å²) in [6, 6.07) is 1.77. The van der Waals surface area contributed by atoms with Crippen molar-refractivity contribution in [3.8, 4) is 0 Å². The lowest BCUT2D eigenvalue weighted by molar-refractivity contribution is -0.0120. The van der Waals surface area contributed by atoms with Gasteiger partial charge in [0, 0.05) is 26.1 Å². The van der Waals surface area contributed by atoms with Gasteiger partial charge < -0.3 is 4.90 Å². The number of aryl methyl sites for hydroxylation is 1. The number of piperidine rings is 1. The minimum atomic E-state index is -2.55. The predicted molar refractivity (Wildman–Crippen MR) is 49.6 cm³/mol. The van der Waals surface area contributed by atoms with Crippen LogP contribution in [0.15, 0.2) is 12.3 Å². The predicted octanol–water partition coefficient (Wildman–Crippen LogP) is 1.66. The first-order chi connectivity index (χ1) is 6.58. The Balaban J connectivity index is 2.16. The van der Waals surface area contributed by atoms with E-state index in [9.17, 15) is 8.78 Å². The van der Waals surface area contributed by atoms with Crippen LogP contribution in [0.1, 0.15) is 12.8 Å². The molecule has 0 radical (unpaired) electrons. The molecule has 0 aliphatic carbocycles. The Bertz CT molecular complexity index is 322. The van der Waals surface area contributed by atoms with Gasteiger partial charge in [0.05, 0.1) is 12.7 Å². The van der Waals surface area contributed by atoms with Gasteiger partial charge in [-0.05, 0) is 6.42 Å². The molecule has 5 heteroatoms. The molecule has 1 aliphatic rings.